The maximum atomic E-state index is 6.67. The van der Waals surface area contributed by atoms with Gasteiger partial charge in [-0.2, -0.15) is 9.97 Å². The Kier molecular flexibility index (Phi) is 6.99. The Balaban J connectivity index is 1.11. The van der Waals surface area contributed by atoms with Crippen molar-refractivity contribution in [1.82, 2.24) is 34.3 Å². The standard InChI is InChI=1S/C47H29N7O/c1-4-16-30(17-5-1)43-48-44(31-18-6-2-7-19-31)50-47(49-43)54-38-27-13-11-23-34(38)42-36(25-15-29-40(42)54)46-52-51-45(55-46)35-24-14-28-39-41(35)33-22-10-12-26-37(33)53(39)32-20-8-3-9-21-32/h1-29H. The van der Waals surface area contributed by atoms with Crippen molar-refractivity contribution >= 4 is 43.6 Å². The average Bonchev–Trinajstić information content (AvgIpc) is 3.98. The van der Waals surface area contributed by atoms with Gasteiger partial charge in [0.15, 0.2) is 11.6 Å². The maximum absolute atomic E-state index is 6.67. The van der Waals surface area contributed by atoms with E-state index in [0.29, 0.717) is 29.4 Å². The van der Waals surface area contributed by atoms with Crippen molar-refractivity contribution in [3.05, 3.63) is 176 Å². The highest BCUT2D eigenvalue weighted by atomic mass is 16.4. The van der Waals surface area contributed by atoms with Crippen LogP contribution in [-0.2, 0) is 0 Å². The van der Waals surface area contributed by atoms with Gasteiger partial charge in [0.2, 0.25) is 17.7 Å². The fraction of sp³-hybridized carbons (Fsp3) is 0. The number of aromatic nitrogens is 7. The van der Waals surface area contributed by atoms with E-state index in [9.17, 15) is 0 Å². The Morgan fingerprint density at radius 3 is 1.35 bits per heavy atom. The van der Waals surface area contributed by atoms with Crippen LogP contribution in [0.5, 0.6) is 0 Å². The van der Waals surface area contributed by atoms with Crippen LogP contribution in [0.15, 0.2) is 180 Å². The van der Waals surface area contributed by atoms with Crippen molar-refractivity contribution in [2.24, 2.45) is 0 Å². The smallest absolute Gasteiger partial charge is 0.248 e. The molecule has 8 heteroatoms. The Morgan fingerprint density at radius 2 is 0.800 bits per heavy atom. The van der Waals surface area contributed by atoms with Crippen LogP contribution >= 0.6 is 0 Å². The number of hydrogen-bond acceptors (Lipinski definition) is 6. The van der Waals surface area contributed by atoms with E-state index < -0.39 is 0 Å². The Labute approximate surface area is 314 Å². The van der Waals surface area contributed by atoms with Gasteiger partial charge >= 0.3 is 0 Å². The van der Waals surface area contributed by atoms with Crippen LogP contribution in [0.1, 0.15) is 0 Å². The lowest BCUT2D eigenvalue weighted by molar-refractivity contribution is 0.586. The van der Waals surface area contributed by atoms with Crippen LogP contribution in [0, 0.1) is 0 Å². The molecular formula is C47H29N7O. The van der Waals surface area contributed by atoms with Crippen molar-refractivity contribution < 1.29 is 4.42 Å². The lowest BCUT2D eigenvalue weighted by Gasteiger charge is -2.11. The van der Waals surface area contributed by atoms with E-state index in [4.69, 9.17) is 19.4 Å². The predicted octanol–water partition coefficient (Wildman–Crippen LogP) is 11.1. The Bertz CT molecular complexity index is 3140. The summed E-state index contributed by atoms with van der Waals surface area (Å²) >= 11 is 0. The van der Waals surface area contributed by atoms with E-state index in [1.54, 1.807) is 0 Å². The number of nitrogens with zero attached hydrogens (tertiary/aromatic N) is 7. The molecule has 0 bridgehead atoms. The largest absolute Gasteiger partial charge is 0.416 e. The number of para-hydroxylation sites is 3. The lowest BCUT2D eigenvalue weighted by Crippen LogP contribution is -2.06. The van der Waals surface area contributed by atoms with Gasteiger partial charge in [0.05, 0.1) is 22.1 Å². The molecule has 11 aromatic rings. The van der Waals surface area contributed by atoms with Crippen LogP contribution in [0.25, 0.3) is 101 Å². The SMILES string of the molecule is c1ccc(-c2nc(-c3ccccc3)nc(-n3c4ccccc4c4c(-c5nnc(-c6cccc7c6c6ccccc6n7-c6ccccc6)o5)cccc43)n2)cc1. The summed E-state index contributed by atoms with van der Waals surface area (Å²) in [4.78, 5) is 15.1. The molecule has 258 valence electrons. The quantitative estimate of drug-likeness (QED) is 0.171. The van der Waals surface area contributed by atoms with Gasteiger partial charge in [-0.3, -0.25) is 4.57 Å². The molecule has 7 aromatic carbocycles. The van der Waals surface area contributed by atoms with Gasteiger partial charge in [-0.05, 0) is 48.5 Å². The van der Waals surface area contributed by atoms with Gasteiger partial charge in [-0.15, -0.1) is 10.2 Å². The molecule has 0 unspecified atom stereocenters. The van der Waals surface area contributed by atoms with Crippen LogP contribution < -0.4 is 0 Å². The van der Waals surface area contributed by atoms with Gasteiger partial charge in [0.25, 0.3) is 0 Å². The molecule has 4 heterocycles. The van der Waals surface area contributed by atoms with Gasteiger partial charge in [-0.25, -0.2) is 4.98 Å². The molecule has 55 heavy (non-hydrogen) atoms. The second-order valence-corrected chi connectivity index (χ2v) is 13.4. The van der Waals surface area contributed by atoms with E-state index in [2.05, 4.69) is 104 Å². The first-order valence-corrected chi connectivity index (χ1v) is 18.1. The second kappa shape index (κ2) is 12.5. The molecular weight excluding hydrogens is 679 g/mol. The number of rotatable bonds is 6. The van der Waals surface area contributed by atoms with Crippen LogP contribution in [-0.4, -0.2) is 34.3 Å². The monoisotopic (exact) mass is 707 g/mol. The van der Waals surface area contributed by atoms with E-state index in [0.717, 1.165) is 71.6 Å². The van der Waals surface area contributed by atoms with E-state index in [1.807, 2.05) is 91.0 Å². The average molecular weight is 708 g/mol. The number of hydrogen-bond donors (Lipinski definition) is 0. The molecule has 0 atom stereocenters. The van der Waals surface area contributed by atoms with E-state index in [1.165, 1.54) is 0 Å². The summed E-state index contributed by atoms with van der Waals surface area (Å²) in [5.41, 5.74) is 8.65. The van der Waals surface area contributed by atoms with Gasteiger partial charge in [0.1, 0.15) is 0 Å². The fourth-order valence-electron chi connectivity index (χ4n) is 7.80. The lowest BCUT2D eigenvalue weighted by atomic mass is 10.1. The highest BCUT2D eigenvalue weighted by Crippen LogP contribution is 2.41. The first-order valence-electron chi connectivity index (χ1n) is 18.1. The van der Waals surface area contributed by atoms with E-state index >= 15 is 0 Å². The zero-order chi connectivity index (χ0) is 36.3. The van der Waals surface area contributed by atoms with Crippen LogP contribution in [0.3, 0.4) is 0 Å². The van der Waals surface area contributed by atoms with Gasteiger partial charge in [0, 0.05) is 49.5 Å². The number of fused-ring (bicyclic) bond motifs is 6. The molecule has 0 N–H and O–H groups in total. The minimum atomic E-state index is 0.429. The number of benzene rings is 7. The molecule has 0 radical (unpaired) electrons. The summed E-state index contributed by atoms with van der Waals surface area (Å²) in [5, 5.41) is 13.5. The zero-order valence-corrected chi connectivity index (χ0v) is 29.3. The van der Waals surface area contributed by atoms with Crippen LogP contribution in [0.2, 0.25) is 0 Å². The molecule has 0 amide bonds. The van der Waals surface area contributed by atoms with Crippen LogP contribution in [0.4, 0.5) is 0 Å². The highest BCUT2D eigenvalue weighted by molar-refractivity contribution is 6.16. The predicted molar refractivity (Wildman–Crippen MR) is 218 cm³/mol. The summed E-state index contributed by atoms with van der Waals surface area (Å²) in [7, 11) is 0. The van der Waals surface area contributed by atoms with Crippen molar-refractivity contribution in [3.63, 3.8) is 0 Å². The highest BCUT2D eigenvalue weighted by Gasteiger charge is 2.23. The Morgan fingerprint density at radius 1 is 0.364 bits per heavy atom. The summed E-state index contributed by atoms with van der Waals surface area (Å²) < 4.78 is 11.1. The van der Waals surface area contributed by atoms with Crippen molar-refractivity contribution in [3.8, 4) is 57.3 Å². The fourth-order valence-corrected chi connectivity index (χ4v) is 7.80. The van der Waals surface area contributed by atoms with E-state index in [-0.39, 0.29) is 0 Å². The molecule has 0 fully saturated rings. The normalized spacial score (nSPS) is 11.6. The first kappa shape index (κ1) is 30.9. The molecule has 0 saturated carbocycles. The summed E-state index contributed by atoms with van der Waals surface area (Å²) in [6.45, 7) is 0. The third-order valence-electron chi connectivity index (χ3n) is 10.2. The molecule has 0 aliphatic carbocycles. The van der Waals surface area contributed by atoms with Gasteiger partial charge < -0.3 is 8.98 Å². The maximum Gasteiger partial charge on any atom is 0.248 e. The molecule has 0 aliphatic heterocycles. The van der Waals surface area contributed by atoms with Crippen molar-refractivity contribution in [2.75, 3.05) is 0 Å². The minimum absolute atomic E-state index is 0.429. The third-order valence-corrected chi connectivity index (χ3v) is 10.2. The topological polar surface area (TPSA) is 87.5 Å². The molecule has 0 saturated heterocycles. The summed E-state index contributed by atoms with van der Waals surface area (Å²) in [5.74, 6) is 2.59. The van der Waals surface area contributed by atoms with Crippen molar-refractivity contribution in [1.29, 1.82) is 0 Å². The van der Waals surface area contributed by atoms with Crippen molar-refractivity contribution in [2.45, 2.75) is 0 Å². The molecule has 0 aliphatic rings. The summed E-state index contributed by atoms with van der Waals surface area (Å²) in [6, 6.07) is 59.6. The minimum Gasteiger partial charge on any atom is -0.416 e. The van der Waals surface area contributed by atoms with Gasteiger partial charge in [-0.1, -0.05) is 127 Å². The molecule has 0 spiro atoms. The molecule has 8 nitrogen and oxygen atoms in total. The third kappa shape index (κ3) is 4.96. The summed E-state index contributed by atoms with van der Waals surface area (Å²) in [6.07, 6.45) is 0. The first-order chi connectivity index (χ1) is 27.3. The zero-order valence-electron chi connectivity index (χ0n) is 29.3. The molecule has 4 aromatic heterocycles. The Hall–Kier alpha value is -7.71. The second-order valence-electron chi connectivity index (χ2n) is 13.4. The molecule has 11 rings (SSSR count).